The van der Waals surface area contributed by atoms with Crippen LogP contribution >= 0.6 is 0 Å². The molecule has 0 saturated heterocycles. The average molecular weight is 425 g/mol. The maximum atomic E-state index is 10.7. The molecule has 0 heterocycles. The third kappa shape index (κ3) is 19.4. The summed E-state index contributed by atoms with van der Waals surface area (Å²) in [6.45, 7) is 5.18. The third-order valence-corrected chi connectivity index (χ3v) is 5.76. The Labute approximate surface area is 175 Å². The Morgan fingerprint density at radius 3 is 1.29 bits per heavy atom. The van der Waals surface area contributed by atoms with Crippen molar-refractivity contribution in [3.8, 4) is 0 Å². The first-order valence-electron chi connectivity index (χ1n) is 11.5. The average Bonchev–Trinajstić information content (AvgIpc) is 2.58. The Hall–Kier alpha value is 0.0900. The van der Waals surface area contributed by atoms with Crippen LogP contribution in [0.1, 0.15) is 130 Å². The smallest absolute Gasteiger partial charge is 0.241 e. The van der Waals surface area contributed by atoms with Gasteiger partial charge in [-0.25, -0.2) is 0 Å². The molecule has 28 heavy (non-hydrogen) atoms. The second-order valence-electron chi connectivity index (χ2n) is 8.70. The summed E-state index contributed by atoms with van der Waals surface area (Å²) >= 11 is 0. The maximum absolute atomic E-state index is 10.7. The first kappa shape index (κ1) is 28.1. The molecule has 0 spiro atoms. The molecule has 1 N–H and O–H groups in total. The van der Waals surface area contributed by atoms with Crippen molar-refractivity contribution in [1.82, 2.24) is 0 Å². The lowest BCUT2D eigenvalue weighted by atomic mass is 9.96. The summed E-state index contributed by atoms with van der Waals surface area (Å²) in [5, 5.41) is 9.93. The van der Waals surface area contributed by atoms with Gasteiger partial charge in [0.2, 0.25) is 6.10 Å². The fourth-order valence-corrected chi connectivity index (χ4v) is 4.09. The number of unbranched alkanes of at least 4 members (excludes halogenated alkanes) is 15. The van der Waals surface area contributed by atoms with E-state index in [1.807, 2.05) is 0 Å². The van der Waals surface area contributed by atoms with Crippen molar-refractivity contribution < 1.29 is 33.6 Å². The van der Waals surface area contributed by atoms with Crippen molar-refractivity contribution >= 4 is 0 Å². The molecule has 1 atom stereocenters. The fraction of sp³-hybridized carbons (Fsp3) is 1.00. The van der Waals surface area contributed by atoms with Crippen LogP contribution in [0.25, 0.3) is 0 Å². The van der Waals surface area contributed by atoms with E-state index in [-0.39, 0.29) is 0 Å². The molecule has 0 radical (unpaired) electrons. The molecule has 0 fully saturated rings. The van der Waals surface area contributed by atoms with Crippen molar-refractivity contribution in [3.05, 3.63) is 0 Å². The van der Waals surface area contributed by atoms with Crippen LogP contribution in [0.4, 0.5) is 0 Å². The molecular weight excluding hydrogens is 380 g/mol. The predicted molar refractivity (Wildman–Crippen MR) is 105 cm³/mol. The Bertz CT molecular complexity index is 339. The molecular formula is C22H45ClO5. The van der Waals surface area contributed by atoms with E-state index in [0.717, 1.165) is 19.3 Å². The molecule has 0 aliphatic heterocycles. The number of hydrogen-bond acceptors (Lipinski definition) is 5. The zero-order chi connectivity index (χ0) is 21.3. The van der Waals surface area contributed by atoms with Crippen molar-refractivity contribution in [2.45, 2.75) is 142 Å². The fourth-order valence-electron chi connectivity index (χ4n) is 3.52. The molecule has 0 aromatic rings. The molecule has 0 aliphatic carbocycles. The summed E-state index contributed by atoms with van der Waals surface area (Å²) in [7, 11) is -4.51. The summed E-state index contributed by atoms with van der Waals surface area (Å²) < 4.78 is 36.7. The number of halogens is 1. The van der Waals surface area contributed by atoms with E-state index in [9.17, 15) is 19.1 Å². The van der Waals surface area contributed by atoms with Gasteiger partial charge in [0.25, 0.3) is 0 Å². The number of hydrogen-bond donors (Lipinski definition) is 1. The molecule has 0 amide bonds. The number of rotatable bonds is 20. The topological polar surface area (TPSA) is 98.6 Å². The van der Waals surface area contributed by atoms with Gasteiger partial charge in [0.15, 0.2) is 0 Å². The lowest BCUT2D eigenvalue weighted by Crippen LogP contribution is -2.64. The summed E-state index contributed by atoms with van der Waals surface area (Å²) in [4.78, 5) is 0. The minimum atomic E-state index is -4.51. The highest BCUT2D eigenvalue weighted by Gasteiger charge is 2.39. The van der Waals surface area contributed by atoms with E-state index in [1.165, 1.54) is 97.3 Å². The van der Waals surface area contributed by atoms with Crippen molar-refractivity contribution in [2.75, 3.05) is 0 Å². The van der Waals surface area contributed by atoms with Gasteiger partial charge < -0.3 is 5.11 Å². The summed E-state index contributed by atoms with van der Waals surface area (Å²) in [6, 6.07) is 0. The molecule has 0 aromatic carbocycles. The SMILES string of the molecule is CCCCCCCCCCCCCCCCCCC(O[Cl+3]([O-])([O-])[O-])C(C)(C)O. The van der Waals surface area contributed by atoms with Gasteiger partial charge in [-0.05, 0) is 20.3 Å². The first-order chi connectivity index (χ1) is 13.2. The van der Waals surface area contributed by atoms with Gasteiger partial charge in [0, 0.05) is 0 Å². The minimum Gasteiger partial charge on any atom is -0.387 e. The van der Waals surface area contributed by atoms with Crippen LogP contribution in [-0.4, -0.2) is 16.8 Å². The molecule has 0 saturated carbocycles. The van der Waals surface area contributed by atoms with Crippen LogP contribution in [0.3, 0.4) is 0 Å². The summed E-state index contributed by atoms with van der Waals surface area (Å²) in [5.74, 6) is 0. The highest BCUT2D eigenvalue weighted by molar-refractivity contribution is 4.76. The van der Waals surface area contributed by atoms with Crippen molar-refractivity contribution in [2.24, 2.45) is 0 Å². The summed E-state index contributed by atoms with van der Waals surface area (Å²) in [5.41, 5.74) is -1.35. The molecule has 0 rings (SSSR count). The van der Waals surface area contributed by atoms with E-state index in [4.69, 9.17) is 0 Å². The monoisotopic (exact) mass is 424 g/mol. The molecule has 1 unspecified atom stereocenters. The zero-order valence-electron chi connectivity index (χ0n) is 18.6. The van der Waals surface area contributed by atoms with E-state index >= 15 is 0 Å². The van der Waals surface area contributed by atoms with Crippen LogP contribution in [0, 0.1) is 10.2 Å². The Morgan fingerprint density at radius 2 is 1.00 bits per heavy atom. The molecule has 6 heteroatoms. The third-order valence-electron chi connectivity index (χ3n) is 5.32. The molecule has 0 bridgehead atoms. The quantitative estimate of drug-likeness (QED) is 0.300. The highest BCUT2D eigenvalue weighted by Crippen LogP contribution is 2.22. The Balaban J connectivity index is 3.45. The second-order valence-corrected chi connectivity index (χ2v) is 9.64. The molecule has 0 aromatic heterocycles. The number of aliphatic hydroxyl groups is 1. The molecule has 5 nitrogen and oxygen atoms in total. The Kier molecular flexibility index (Phi) is 16.9. The first-order valence-corrected chi connectivity index (χ1v) is 12.7. The van der Waals surface area contributed by atoms with Gasteiger partial charge in [-0.3, -0.25) is 0 Å². The van der Waals surface area contributed by atoms with Crippen LogP contribution in [0.15, 0.2) is 0 Å². The van der Waals surface area contributed by atoms with Gasteiger partial charge in [0.05, 0.1) is 14.5 Å². The zero-order valence-corrected chi connectivity index (χ0v) is 19.3. The second kappa shape index (κ2) is 16.8. The van der Waals surface area contributed by atoms with Gasteiger partial charge >= 0.3 is 0 Å². The summed E-state index contributed by atoms with van der Waals surface area (Å²) in [6.07, 6.45) is 19.7. The van der Waals surface area contributed by atoms with Crippen LogP contribution < -0.4 is 14.0 Å². The van der Waals surface area contributed by atoms with Gasteiger partial charge in [-0.1, -0.05) is 110 Å². The van der Waals surface area contributed by atoms with E-state index in [2.05, 4.69) is 11.2 Å². The lowest BCUT2D eigenvalue weighted by Gasteiger charge is -2.26. The van der Waals surface area contributed by atoms with Crippen LogP contribution in [-0.2, 0) is 4.29 Å². The molecule has 0 aliphatic rings. The van der Waals surface area contributed by atoms with Gasteiger partial charge in [0.1, 0.15) is 5.60 Å². The molecule has 170 valence electrons. The van der Waals surface area contributed by atoms with E-state index in [0.29, 0.717) is 6.42 Å². The largest absolute Gasteiger partial charge is 0.387 e. The van der Waals surface area contributed by atoms with Crippen molar-refractivity contribution in [3.63, 3.8) is 0 Å². The van der Waals surface area contributed by atoms with Gasteiger partial charge in [-0.2, -0.15) is 14.0 Å². The lowest BCUT2D eigenvalue weighted by molar-refractivity contribution is -1.92. The van der Waals surface area contributed by atoms with Gasteiger partial charge in [-0.15, -0.1) is 0 Å². The minimum absolute atomic E-state index is 0.371. The van der Waals surface area contributed by atoms with Crippen molar-refractivity contribution in [1.29, 1.82) is 0 Å². The van der Waals surface area contributed by atoms with E-state index < -0.39 is 21.9 Å². The highest BCUT2D eigenvalue weighted by atomic mass is 35.7. The van der Waals surface area contributed by atoms with Crippen LogP contribution in [0.2, 0.25) is 0 Å². The maximum Gasteiger partial charge on any atom is 0.241 e. The Morgan fingerprint density at radius 1 is 0.679 bits per heavy atom. The normalized spacial score (nSPS) is 13.8. The van der Waals surface area contributed by atoms with E-state index in [1.54, 1.807) is 0 Å². The predicted octanol–water partition coefficient (Wildman–Crippen LogP) is 3.69. The standard InChI is InChI=1S/C22H45ClO5/c1-4-5-6-7-8-9-10-11-12-13-14-15-16-17-18-19-20-21(22(2,3)24)28-23(25,26)27/h21,24H,4-20H2,1-3H3. The van der Waals surface area contributed by atoms with Crippen LogP contribution in [0.5, 0.6) is 0 Å².